The molecule has 0 bridgehead atoms. The number of rotatable bonds is 4. The van der Waals surface area contributed by atoms with E-state index in [1.54, 1.807) is 0 Å². The quantitative estimate of drug-likeness (QED) is 0.813. The van der Waals surface area contributed by atoms with E-state index in [9.17, 15) is 0 Å². The Balaban J connectivity index is 1.85. The Labute approximate surface area is 106 Å². The van der Waals surface area contributed by atoms with E-state index in [2.05, 4.69) is 24.1 Å². The van der Waals surface area contributed by atoms with E-state index in [4.69, 9.17) is 4.74 Å². The Hall–Kier alpha value is -0.120. The number of nitrogens with zero attached hydrogens (tertiary/aromatic N) is 1. The van der Waals surface area contributed by atoms with Crippen LogP contribution in [-0.2, 0) is 4.74 Å². The molecular formula is C14H28N2O. The molecule has 0 aromatic carbocycles. The molecule has 3 atom stereocenters. The van der Waals surface area contributed by atoms with Gasteiger partial charge in [-0.1, -0.05) is 13.8 Å². The molecule has 2 fully saturated rings. The lowest BCUT2D eigenvalue weighted by Crippen LogP contribution is -2.57. The van der Waals surface area contributed by atoms with Gasteiger partial charge in [0.05, 0.1) is 6.10 Å². The van der Waals surface area contributed by atoms with Gasteiger partial charge in [0.2, 0.25) is 0 Å². The average molecular weight is 240 g/mol. The van der Waals surface area contributed by atoms with Gasteiger partial charge in [0.25, 0.3) is 0 Å². The van der Waals surface area contributed by atoms with Crippen LogP contribution >= 0.6 is 0 Å². The van der Waals surface area contributed by atoms with E-state index >= 15 is 0 Å². The second kappa shape index (κ2) is 6.72. The van der Waals surface area contributed by atoms with Crippen LogP contribution in [-0.4, -0.2) is 49.3 Å². The summed E-state index contributed by atoms with van der Waals surface area (Å²) in [4.78, 5) is 2.67. The molecule has 3 heteroatoms. The SMILES string of the molecule is CCC1CN(CC2CCCCO2)C(CC)CN1. The number of hydrogen-bond acceptors (Lipinski definition) is 3. The molecule has 3 nitrogen and oxygen atoms in total. The number of ether oxygens (including phenoxy) is 1. The van der Waals surface area contributed by atoms with E-state index in [1.165, 1.54) is 38.6 Å². The predicted molar refractivity (Wildman–Crippen MR) is 71.3 cm³/mol. The third kappa shape index (κ3) is 3.67. The monoisotopic (exact) mass is 240 g/mol. The van der Waals surface area contributed by atoms with Gasteiger partial charge < -0.3 is 10.1 Å². The lowest BCUT2D eigenvalue weighted by molar-refractivity contribution is -0.0218. The van der Waals surface area contributed by atoms with Crippen molar-refractivity contribution in [3.8, 4) is 0 Å². The van der Waals surface area contributed by atoms with Crippen LogP contribution in [0.5, 0.6) is 0 Å². The minimum Gasteiger partial charge on any atom is -0.377 e. The van der Waals surface area contributed by atoms with Crippen molar-refractivity contribution < 1.29 is 4.74 Å². The molecule has 3 unspecified atom stereocenters. The van der Waals surface area contributed by atoms with Crippen molar-refractivity contribution in [3.63, 3.8) is 0 Å². The fourth-order valence-electron chi connectivity index (χ4n) is 3.04. The fourth-order valence-corrected chi connectivity index (χ4v) is 3.04. The van der Waals surface area contributed by atoms with Crippen molar-refractivity contribution in [2.75, 3.05) is 26.2 Å². The van der Waals surface area contributed by atoms with Gasteiger partial charge in [-0.3, -0.25) is 4.90 Å². The highest BCUT2D eigenvalue weighted by atomic mass is 16.5. The lowest BCUT2D eigenvalue weighted by atomic mass is 10.0. The first-order valence-corrected chi connectivity index (χ1v) is 7.42. The smallest absolute Gasteiger partial charge is 0.0702 e. The predicted octanol–water partition coefficient (Wildman–Crippen LogP) is 2.02. The zero-order chi connectivity index (χ0) is 12.1. The second-order valence-electron chi connectivity index (χ2n) is 5.52. The molecule has 1 N–H and O–H groups in total. The molecule has 0 saturated carbocycles. The first-order valence-electron chi connectivity index (χ1n) is 7.42. The largest absolute Gasteiger partial charge is 0.377 e. The lowest BCUT2D eigenvalue weighted by Gasteiger charge is -2.42. The van der Waals surface area contributed by atoms with Gasteiger partial charge in [0.1, 0.15) is 0 Å². The van der Waals surface area contributed by atoms with E-state index < -0.39 is 0 Å². The number of hydrogen-bond donors (Lipinski definition) is 1. The Morgan fingerprint density at radius 3 is 2.76 bits per heavy atom. The minimum absolute atomic E-state index is 0.494. The van der Waals surface area contributed by atoms with Gasteiger partial charge in [0.15, 0.2) is 0 Å². The Bertz CT molecular complexity index is 216. The topological polar surface area (TPSA) is 24.5 Å². The molecule has 17 heavy (non-hydrogen) atoms. The molecule has 2 heterocycles. The van der Waals surface area contributed by atoms with E-state index in [0.717, 1.165) is 19.7 Å². The molecule has 2 aliphatic heterocycles. The Morgan fingerprint density at radius 1 is 1.24 bits per heavy atom. The first kappa shape index (κ1) is 13.3. The van der Waals surface area contributed by atoms with Crippen LogP contribution in [0.2, 0.25) is 0 Å². The van der Waals surface area contributed by atoms with Crippen LogP contribution in [0.4, 0.5) is 0 Å². The van der Waals surface area contributed by atoms with Crippen molar-refractivity contribution in [1.29, 1.82) is 0 Å². The van der Waals surface area contributed by atoms with Crippen molar-refractivity contribution in [2.45, 2.75) is 64.1 Å². The molecule has 0 aromatic rings. The first-order chi connectivity index (χ1) is 8.33. The molecule has 2 saturated heterocycles. The zero-order valence-corrected chi connectivity index (χ0v) is 11.5. The Morgan fingerprint density at radius 2 is 2.12 bits per heavy atom. The van der Waals surface area contributed by atoms with Gasteiger partial charge in [-0.25, -0.2) is 0 Å². The summed E-state index contributed by atoms with van der Waals surface area (Å²) in [6.45, 7) is 9.06. The number of nitrogens with one attached hydrogen (secondary N) is 1. The summed E-state index contributed by atoms with van der Waals surface area (Å²) >= 11 is 0. The molecule has 2 aliphatic rings. The van der Waals surface area contributed by atoms with Crippen LogP contribution in [0.1, 0.15) is 46.0 Å². The summed E-state index contributed by atoms with van der Waals surface area (Å²) in [6, 6.07) is 1.39. The van der Waals surface area contributed by atoms with Crippen LogP contribution in [0, 0.1) is 0 Å². The highest BCUT2D eigenvalue weighted by molar-refractivity contribution is 4.86. The highest BCUT2D eigenvalue weighted by Crippen LogP contribution is 2.18. The molecule has 0 aliphatic carbocycles. The van der Waals surface area contributed by atoms with Crippen LogP contribution < -0.4 is 5.32 Å². The fraction of sp³-hybridized carbons (Fsp3) is 1.00. The summed E-state index contributed by atoms with van der Waals surface area (Å²) < 4.78 is 5.88. The van der Waals surface area contributed by atoms with E-state index in [0.29, 0.717) is 18.2 Å². The zero-order valence-electron chi connectivity index (χ0n) is 11.5. The summed E-state index contributed by atoms with van der Waals surface area (Å²) in [5.41, 5.74) is 0. The van der Waals surface area contributed by atoms with Crippen molar-refractivity contribution >= 4 is 0 Å². The van der Waals surface area contributed by atoms with Crippen LogP contribution in [0.15, 0.2) is 0 Å². The summed E-state index contributed by atoms with van der Waals surface area (Å²) in [5.74, 6) is 0. The van der Waals surface area contributed by atoms with Crippen molar-refractivity contribution in [3.05, 3.63) is 0 Å². The molecular weight excluding hydrogens is 212 g/mol. The molecule has 0 aromatic heterocycles. The highest BCUT2D eigenvalue weighted by Gasteiger charge is 2.28. The molecule has 100 valence electrons. The van der Waals surface area contributed by atoms with Crippen LogP contribution in [0.25, 0.3) is 0 Å². The van der Waals surface area contributed by atoms with E-state index in [-0.39, 0.29) is 0 Å². The summed E-state index contributed by atoms with van der Waals surface area (Å²) in [7, 11) is 0. The molecule has 0 spiro atoms. The van der Waals surface area contributed by atoms with Crippen molar-refractivity contribution in [1.82, 2.24) is 10.2 Å². The van der Waals surface area contributed by atoms with Gasteiger partial charge >= 0.3 is 0 Å². The maximum absolute atomic E-state index is 5.88. The minimum atomic E-state index is 0.494. The molecule has 2 rings (SSSR count). The summed E-state index contributed by atoms with van der Waals surface area (Å²) in [6.07, 6.45) is 6.84. The van der Waals surface area contributed by atoms with Gasteiger partial charge in [-0.2, -0.15) is 0 Å². The average Bonchev–Trinajstić information content (AvgIpc) is 2.40. The van der Waals surface area contributed by atoms with E-state index in [1.807, 2.05) is 0 Å². The second-order valence-corrected chi connectivity index (χ2v) is 5.52. The van der Waals surface area contributed by atoms with Gasteiger partial charge in [0, 0.05) is 38.3 Å². The molecule has 0 amide bonds. The number of piperazine rings is 1. The molecule has 0 radical (unpaired) electrons. The standard InChI is InChI=1S/C14H28N2O/c1-3-12-10-16(13(4-2)9-15-12)11-14-7-5-6-8-17-14/h12-15H,3-11H2,1-2H3. The summed E-state index contributed by atoms with van der Waals surface area (Å²) in [5, 5.41) is 3.65. The third-order valence-electron chi connectivity index (χ3n) is 4.29. The van der Waals surface area contributed by atoms with Gasteiger partial charge in [-0.15, -0.1) is 0 Å². The Kier molecular flexibility index (Phi) is 5.26. The van der Waals surface area contributed by atoms with Crippen LogP contribution in [0.3, 0.4) is 0 Å². The maximum Gasteiger partial charge on any atom is 0.0702 e. The third-order valence-corrected chi connectivity index (χ3v) is 4.29. The maximum atomic E-state index is 5.88. The van der Waals surface area contributed by atoms with Crippen molar-refractivity contribution in [2.24, 2.45) is 0 Å². The van der Waals surface area contributed by atoms with Gasteiger partial charge in [-0.05, 0) is 32.1 Å². The normalized spacial score (nSPS) is 36.0.